The van der Waals surface area contributed by atoms with Crippen molar-refractivity contribution in [2.24, 2.45) is 4.99 Å². The number of methoxy groups -OCH3 is 1. The van der Waals surface area contributed by atoms with Crippen LogP contribution in [-0.2, 0) is 6.54 Å². The lowest BCUT2D eigenvalue weighted by Gasteiger charge is -2.12. The maximum atomic E-state index is 9.77. The summed E-state index contributed by atoms with van der Waals surface area (Å²) in [6, 6.07) is 5.15. The highest BCUT2D eigenvalue weighted by atomic mass is 32.2. The molecular formula is C13H21N3O2S. The molecule has 0 saturated carbocycles. The quantitative estimate of drug-likeness (QED) is 0.419. The van der Waals surface area contributed by atoms with E-state index in [-0.39, 0.29) is 5.75 Å². The Morgan fingerprint density at radius 2 is 2.21 bits per heavy atom. The van der Waals surface area contributed by atoms with Crippen LogP contribution in [-0.4, -0.2) is 43.8 Å². The Bertz CT molecular complexity index is 424. The van der Waals surface area contributed by atoms with Gasteiger partial charge in [-0.2, -0.15) is 11.8 Å². The summed E-state index contributed by atoms with van der Waals surface area (Å²) in [5, 5.41) is 16.1. The molecule has 3 N–H and O–H groups in total. The van der Waals surface area contributed by atoms with E-state index in [1.165, 1.54) is 0 Å². The lowest BCUT2D eigenvalue weighted by Crippen LogP contribution is -2.37. The third kappa shape index (κ3) is 5.30. The predicted octanol–water partition coefficient (Wildman–Crippen LogP) is 1.43. The number of aromatic hydroxyl groups is 1. The van der Waals surface area contributed by atoms with Crippen molar-refractivity contribution < 1.29 is 9.84 Å². The number of rotatable bonds is 6. The van der Waals surface area contributed by atoms with Gasteiger partial charge in [0.05, 0.1) is 7.11 Å². The first-order chi connectivity index (χ1) is 9.21. The minimum atomic E-state index is 0.243. The molecule has 106 valence electrons. The van der Waals surface area contributed by atoms with E-state index in [9.17, 15) is 5.11 Å². The highest BCUT2D eigenvalue weighted by Crippen LogP contribution is 2.22. The summed E-state index contributed by atoms with van der Waals surface area (Å²) in [5.41, 5.74) is 0.771. The van der Waals surface area contributed by atoms with Gasteiger partial charge in [-0.3, -0.25) is 4.99 Å². The topological polar surface area (TPSA) is 65.9 Å². The number of benzene rings is 1. The second kappa shape index (κ2) is 8.53. The summed E-state index contributed by atoms with van der Waals surface area (Å²) >= 11 is 1.77. The molecule has 0 unspecified atom stereocenters. The van der Waals surface area contributed by atoms with Crippen molar-refractivity contribution in [2.45, 2.75) is 6.54 Å². The van der Waals surface area contributed by atoms with E-state index in [0.717, 1.165) is 29.6 Å². The Morgan fingerprint density at radius 3 is 2.84 bits per heavy atom. The molecule has 1 aromatic carbocycles. The lowest BCUT2D eigenvalue weighted by molar-refractivity contribution is 0.410. The van der Waals surface area contributed by atoms with Gasteiger partial charge in [0.1, 0.15) is 11.5 Å². The molecule has 0 fully saturated rings. The maximum absolute atomic E-state index is 9.77. The molecule has 0 bridgehead atoms. The molecule has 0 radical (unpaired) electrons. The molecule has 0 spiro atoms. The highest BCUT2D eigenvalue weighted by molar-refractivity contribution is 7.98. The number of guanidine groups is 1. The first kappa shape index (κ1) is 15.5. The smallest absolute Gasteiger partial charge is 0.191 e. The summed E-state index contributed by atoms with van der Waals surface area (Å²) in [5.74, 6) is 2.70. The number of hydrogen-bond acceptors (Lipinski definition) is 4. The van der Waals surface area contributed by atoms with Gasteiger partial charge >= 0.3 is 0 Å². The fourth-order valence-corrected chi connectivity index (χ4v) is 1.81. The van der Waals surface area contributed by atoms with Crippen LogP contribution in [0.25, 0.3) is 0 Å². The van der Waals surface area contributed by atoms with Gasteiger partial charge in [0.25, 0.3) is 0 Å². The number of nitrogens with one attached hydrogen (secondary N) is 2. The van der Waals surface area contributed by atoms with Crippen molar-refractivity contribution in [3.05, 3.63) is 23.8 Å². The summed E-state index contributed by atoms with van der Waals surface area (Å²) in [6.07, 6.45) is 2.06. The maximum Gasteiger partial charge on any atom is 0.191 e. The number of aliphatic imine (C=N–C) groups is 1. The van der Waals surface area contributed by atoms with Crippen LogP contribution in [0.3, 0.4) is 0 Å². The van der Waals surface area contributed by atoms with Crippen molar-refractivity contribution in [1.29, 1.82) is 0 Å². The van der Waals surface area contributed by atoms with Crippen molar-refractivity contribution in [1.82, 2.24) is 10.6 Å². The molecule has 1 rings (SSSR count). The van der Waals surface area contributed by atoms with Crippen LogP contribution in [0.4, 0.5) is 0 Å². The van der Waals surface area contributed by atoms with E-state index in [1.807, 2.05) is 0 Å². The van der Waals surface area contributed by atoms with Crippen molar-refractivity contribution >= 4 is 17.7 Å². The van der Waals surface area contributed by atoms with E-state index >= 15 is 0 Å². The molecule has 0 aliphatic rings. The van der Waals surface area contributed by atoms with Gasteiger partial charge in [0.15, 0.2) is 5.96 Å². The normalized spacial score (nSPS) is 11.2. The minimum Gasteiger partial charge on any atom is -0.508 e. The minimum absolute atomic E-state index is 0.243. The Hall–Kier alpha value is -1.56. The van der Waals surface area contributed by atoms with E-state index in [0.29, 0.717) is 6.54 Å². The molecule has 0 atom stereocenters. The van der Waals surface area contributed by atoms with Crippen LogP contribution >= 0.6 is 11.8 Å². The number of nitrogens with zero attached hydrogens (tertiary/aromatic N) is 1. The van der Waals surface area contributed by atoms with E-state index in [4.69, 9.17) is 4.74 Å². The van der Waals surface area contributed by atoms with Gasteiger partial charge in [0.2, 0.25) is 0 Å². The number of ether oxygens (including phenoxy) is 1. The van der Waals surface area contributed by atoms with E-state index in [2.05, 4.69) is 21.9 Å². The standard InChI is InChI=1S/C13H21N3O2S/c1-14-13(15-6-7-19-3)16-9-10-8-11(18-2)4-5-12(10)17/h4-5,8,17H,6-7,9H2,1-3H3,(H2,14,15,16). The first-order valence-electron chi connectivity index (χ1n) is 6.00. The molecule has 0 aliphatic carbocycles. The molecule has 0 aliphatic heterocycles. The van der Waals surface area contributed by atoms with Crippen molar-refractivity contribution in [3.63, 3.8) is 0 Å². The lowest BCUT2D eigenvalue weighted by atomic mass is 10.2. The van der Waals surface area contributed by atoms with Crippen LogP contribution in [0.1, 0.15) is 5.56 Å². The van der Waals surface area contributed by atoms with Crippen LogP contribution in [0.5, 0.6) is 11.5 Å². The third-order valence-electron chi connectivity index (χ3n) is 2.56. The average Bonchev–Trinajstić information content (AvgIpc) is 2.44. The Labute approximate surface area is 118 Å². The number of phenols is 1. The summed E-state index contributed by atoms with van der Waals surface area (Å²) < 4.78 is 5.13. The van der Waals surface area contributed by atoms with Gasteiger partial charge in [-0.05, 0) is 24.5 Å². The predicted molar refractivity (Wildman–Crippen MR) is 81.2 cm³/mol. The number of phenolic OH excluding ortho intramolecular Hbond substituents is 1. The van der Waals surface area contributed by atoms with E-state index < -0.39 is 0 Å². The zero-order chi connectivity index (χ0) is 14.1. The first-order valence-corrected chi connectivity index (χ1v) is 7.40. The molecule has 1 aromatic rings. The molecule has 0 amide bonds. The van der Waals surface area contributed by atoms with Gasteiger partial charge in [-0.25, -0.2) is 0 Å². The molecule has 19 heavy (non-hydrogen) atoms. The Morgan fingerprint density at radius 1 is 1.42 bits per heavy atom. The van der Waals surface area contributed by atoms with Crippen LogP contribution in [0.15, 0.2) is 23.2 Å². The fraction of sp³-hybridized carbons (Fsp3) is 0.462. The average molecular weight is 283 g/mol. The van der Waals surface area contributed by atoms with E-state index in [1.54, 1.807) is 44.1 Å². The SMILES string of the molecule is CN=C(NCCSC)NCc1cc(OC)ccc1O. The van der Waals surface area contributed by atoms with Crippen molar-refractivity contribution in [3.8, 4) is 11.5 Å². The van der Waals surface area contributed by atoms with Gasteiger partial charge in [-0.15, -0.1) is 0 Å². The fourth-order valence-electron chi connectivity index (χ4n) is 1.50. The number of hydrogen-bond donors (Lipinski definition) is 3. The molecule has 0 heterocycles. The summed E-state index contributed by atoms with van der Waals surface area (Å²) in [4.78, 5) is 4.12. The van der Waals surface area contributed by atoms with Gasteiger partial charge in [0, 0.05) is 31.5 Å². The third-order valence-corrected chi connectivity index (χ3v) is 3.17. The van der Waals surface area contributed by atoms with Gasteiger partial charge in [-0.1, -0.05) is 0 Å². The molecule has 6 heteroatoms. The summed E-state index contributed by atoms with van der Waals surface area (Å²) in [6.45, 7) is 1.34. The molecule has 5 nitrogen and oxygen atoms in total. The molecular weight excluding hydrogens is 262 g/mol. The van der Waals surface area contributed by atoms with Crippen LogP contribution in [0, 0.1) is 0 Å². The molecule has 0 saturated heterocycles. The Balaban J connectivity index is 2.54. The van der Waals surface area contributed by atoms with Gasteiger partial charge < -0.3 is 20.5 Å². The zero-order valence-corrected chi connectivity index (χ0v) is 12.4. The number of thioether (sulfide) groups is 1. The second-order valence-corrected chi connectivity index (χ2v) is 4.83. The highest BCUT2D eigenvalue weighted by Gasteiger charge is 2.04. The largest absolute Gasteiger partial charge is 0.508 e. The van der Waals surface area contributed by atoms with Crippen LogP contribution < -0.4 is 15.4 Å². The van der Waals surface area contributed by atoms with Crippen molar-refractivity contribution in [2.75, 3.05) is 32.7 Å². The van der Waals surface area contributed by atoms with Crippen LogP contribution in [0.2, 0.25) is 0 Å². The second-order valence-electron chi connectivity index (χ2n) is 3.84. The zero-order valence-electron chi connectivity index (χ0n) is 11.6. The monoisotopic (exact) mass is 283 g/mol. The molecule has 0 aromatic heterocycles. The summed E-state index contributed by atoms with van der Waals surface area (Å²) in [7, 11) is 3.33. The Kier molecular flexibility index (Phi) is 6.95.